The van der Waals surface area contributed by atoms with Crippen molar-refractivity contribution in [2.45, 2.75) is 24.5 Å². The number of aliphatic hydroxyl groups is 2. The van der Waals surface area contributed by atoms with Gasteiger partial charge in [-0.2, -0.15) is 0 Å². The molecule has 0 saturated carbocycles. The monoisotopic (exact) mass is 366 g/mol. The molecule has 1 aliphatic rings. The summed E-state index contributed by atoms with van der Waals surface area (Å²) in [7, 11) is -4.88. The highest BCUT2D eigenvalue weighted by Gasteiger charge is 2.48. The Labute approximate surface area is 133 Å². The van der Waals surface area contributed by atoms with Crippen LogP contribution in [0.1, 0.15) is 6.23 Å². The van der Waals surface area contributed by atoms with E-state index in [1.54, 1.807) is 0 Å². The van der Waals surface area contributed by atoms with E-state index in [0.29, 0.717) is 0 Å². The lowest BCUT2D eigenvalue weighted by atomic mass is 10.1. The predicted molar refractivity (Wildman–Crippen MR) is 74.3 cm³/mol. The quantitative estimate of drug-likeness (QED) is 0.398. The number of fused-ring (bicyclic) bond motifs is 1. The number of aromatic nitrogens is 4. The van der Waals surface area contributed by atoms with Crippen molar-refractivity contribution >= 4 is 30.6 Å². The van der Waals surface area contributed by atoms with Gasteiger partial charge in [-0.25, -0.2) is 19.5 Å². The Balaban J connectivity index is 1.96. The van der Waals surface area contributed by atoms with Crippen molar-refractivity contribution < 1.29 is 33.8 Å². The van der Waals surface area contributed by atoms with Crippen LogP contribution in [0, 0.1) is 0 Å². The number of halogens is 1. The van der Waals surface area contributed by atoms with E-state index >= 15 is 0 Å². The molecule has 1 saturated heterocycles. The number of phosphoric acid groups is 1. The number of phosphoric ester groups is 1. The second kappa shape index (κ2) is 6.04. The van der Waals surface area contributed by atoms with E-state index in [-0.39, 0.29) is 16.3 Å². The first-order valence-corrected chi connectivity index (χ1v) is 8.24. The van der Waals surface area contributed by atoms with Gasteiger partial charge in [0.1, 0.15) is 30.2 Å². The van der Waals surface area contributed by atoms with E-state index in [2.05, 4.69) is 19.5 Å². The fourth-order valence-corrected chi connectivity index (χ4v) is 3.15. The van der Waals surface area contributed by atoms with Gasteiger partial charge in [0.05, 0.1) is 12.9 Å². The van der Waals surface area contributed by atoms with Crippen LogP contribution in [0.4, 0.5) is 0 Å². The van der Waals surface area contributed by atoms with Crippen molar-refractivity contribution in [3.05, 3.63) is 17.8 Å². The summed E-state index contributed by atoms with van der Waals surface area (Å²) in [6.07, 6.45) is -2.70. The Morgan fingerprint density at radius 1 is 1.39 bits per heavy atom. The SMILES string of the molecule is O=P(O)(O)O[C@H]1[C@@H](O)[C@H](n2cnc3c(Cl)ncnc32)O[C@@H]1CO. The molecule has 0 amide bonds. The maximum Gasteiger partial charge on any atom is 0.470 e. The summed E-state index contributed by atoms with van der Waals surface area (Å²) in [5.41, 5.74) is 0.521. The maximum atomic E-state index is 11.0. The summed E-state index contributed by atoms with van der Waals surface area (Å²) in [6.45, 7) is -0.611. The molecule has 0 radical (unpaired) electrons. The van der Waals surface area contributed by atoms with Crippen LogP contribution >= 0.6 is 19.4 Å². The average Bonchev–Trinajstić information content (AvgIpc) is 3.01. The van der Waals surface area contributed by atoms with Crippen LogP contribution in [-0.2, 0) is 13.8 Å². The van der Waals surface area contributed by atoms with Crippen LogP contribution in [0.3, 0.4) is 0 Å². The largest absolute Gasteiger partial charge is 0.470 e. The minimum absolute atomic E-state index is 0.1000. The van der Waals surface area contributed by atoms with Crippen molar-refractivity contribution in [2.75, 3.05) is 6.61 Å². The molecule has 2 aromatic rings. The molecule has 13 heteroatoms. The van der Waals surface area contributed by atoms with Crippen molar-refractivity contribution in [3.8, 4) is 0 Å². The third-order valence-corrected chi connectivity index (χ3v) is 4.13. The number of hydrogen-bond donors (Lipinski definition) is 4. The summed E-state index contributed by atoms with van der Waals surface area (Å²) in [6, 6.07) is 0. The molecule has 23 heavy (non-hydrogen) atoms. The summed E-state index contributed by atoms with van der Waals surface area (Å²) in [5.74, 6) is 0. The van der Waals surface area contributed by atoms with Gasteiger partial charge in [-0.1, -0.05) is 11.6 Å². The number of nitrogens with zero attached hydrogens (tertiary/aromatic N) is 4. The smallest absolute Gasteiger partial charge is 0.394 e. The van der Waals surface area contributed by atoms with E-state index in [1.807, 2.05) is 0 Å². The van der Waals surface area contributed by atoms with Crippen LogP contribution in [0.25, 0.3) is 11.2 Å². The highest BCUT2D eigenvalue weighted by Crippen LogP contribution is 2.44. The molecular weight excluding hydrogens is 355 g/mol. The third-order valence-electron chi connectivity index (χ3n) is 3.34. The van der Waals surface area contributed by atoms with Crippen molar-refractivity contribution in [1.29, 1.82) is 0 Å². The number of hydrogen-bond acceptors (Lipinski definition) is 8. The summed E-state index contributed by atoms with van der Waals surface area (Å²) >= 11 is 5.89. The van der Waals surface area contributed by atoms with Gasteiger partial charge in [0.25, 0.3) is 0 Å². The Kier molecular flexibility index (Phi) is 4.38. The highest BCUT2D eigenvalue weighted by atomic mass is 35.5. The second-order valence-electron chi connectivity index (χ2n) is 4.79. The standard InChI is InChI=1S/C10H12ClN4O7P/c11-8-5-9(13-2-12-8)15(3-14-5)10-6(17)7(4(1-16)21-10)22-23(18,19)20/h2-4,6-7,10,16-17H,1H2,(H2,18,19,20)/t4-,6-,7-,10-/m1/s1. The van der Waals surface area contributed by atoms with Gasteiger partial charge in [0, 0.05) is 0 Å². The molecule has 3 heterocycles. The molecule has 0 aromatic carbocycles. The van der Waals surface area contributed by atoms with Crippen molar-refractivity contribution in [1.82, 2.24) is 19.5 Å². The summed E-state index contributed by atoms with van der Waals surface area (Å²) in [4.78, 5) is 29.6. The van der Waals surface area contributed by atoms with E-state index in [9.17, 15) is 14.8 Å². The normalized spacial score (nSPS) is 28.6. The lowest BCUT2D eigenvalue weighted by Gasteiger charge is -2.19. The maximum absolute atomic E-state index is 11.0. The van der Waals surface area contributed by atoms with Gasteiger partial charge in [0.15, 0.2) is 17.0 Å². The zero-order valence-corrected chi connectivity index (χ0v) is 12.9. The number of ether oxygens (including phenoxy) is 1. The second-order valence-corrected chi connectivity index (χ2v) is 6.34. The average molecular weight is 367 g/mol. The molecule has 4 atom stereocenters. The molecule has 126 valence electrons. The van der Waals surface area contributed by atoms with Gasteiger partial charge >= 0.3 is 7.82 Å². The Morgan fingerprint density at radius 3 is 2.78 bits per heavy atom. The number of rotatable bonds is 4. The molecule has 4 N–H and O–H groups in total. The van der Waals surface area contributed by atoms with Gasteiger partial charge in [-0.15, -0.1) is 0 Å². The van der Waals surface area contributed by atoms with Crippen LogP contribution in [0.15, 0.2) is 12.7 Å². The molecule has 0 unspecified atom stereocenters. The van der Waals surface area contributed by atoms with Gasteiger partial charge < -0.3 is 24.7 Å². The molecule has 0 aliphatic carbocycles. The first-order chi connectivity index (χ1) is 10.8. The first kappa shape index (κ1) is 16.7. The zero-order valence-electron chi connectivity index (χ0n) is 11.3. The first-order valence-electron chi connectivity index (χ1n) is 6.33. The third kappa shape index (κ3) is 3.10. The molecule has 3 rings (SSSR count). The van der Waals surface area contributed by atoms with Crippen molar-refractivity contribution in [2.24, 2.45) is 0 Å². The van der Waals surface area contributed by atoms with Crippen LogP contribution in [0.5, 0.6) is 0 Å². The molecule has 11 nitrogen and oxygen atoms in total. The summed E-state index contributed by atoms with van der Waals surface area (Å²) in [5, 5.41) is 19.7. The molecule has 1 fully saturated rings. The Morgan fingerprint density at radius 2 is 2.13 bits per heavy atom. The Hall–Kier alpha value is -1.17. The van der Waals surface area contributed by atoms with E-state index < -0.39 is 39.0 Å². The zero-order chi connectivity index (χ0) is 16.8. The molecular formula is C10H12ClN4O7P. The number of aliphatic hydroxyl groups excluding tert-OH is 2. The van der Waals surface area contributed by atoms with Gasteiger partial charge in [0.2, 0.25) is 0 Å². The fourth-order valence-electron chi connectivity index (χ4n) is 2.39. The van der Waals surface area contributed by atoms with Crippen molar-refractivity contribution in [3.63, 3.8) is 0 Å². The van der Waals surface area contributed by atoms with Crippen LogP contribution in [0.2, 0.25) is 5.15 Å². The lowest BCUT2D eigenvalue weighted by Crippen LogP contribution is -2.35. The molecule has 2 aromatic heterocycles. The van der Waals surface area contributed by atoms with Crippen LogP contribution < -0.4 is 0 Å². The Bertz CT molecular complexity index is 767. The van der Waals surface area contributed by atoms with Crippen LogP contribution in [-0.4, -0.2) is 64.4 Å². The lowest BCUT2D eigenvalue weighted by molar-refractivity contribution is -0.0509. The minimum atomic E-state index is -4.88. The molecule has 0 bridgehead atoms. The highest BCUT2D eigenvalue weighted by molar-refractivity contribution is 7.46. The topological polar surface area (TPSA) is 160 Å². The summed E-state index contributed by atoms with van der Waals surface area (Å²) < 4.78 is 22.3. The number of imidazole rings is 1. The van der Waals surface area contributed by atoms with Gasteiger partial charge in [-0.05, 0) is 0 Å². The van der Waals surface area contributed by atoms with E-state index in [4.69, 9.17) is 26.1 Å². The predicted octanol–water partition coefficient (Wildman–Crippen LogP) is -0.792. The van der Waals surface area contributed by atoms with E-state index in [0.717, 1.165) is 0 Å². The minimum Gasteiger partial charge on any atom is -0.394 e. The molecule has 0 spiro atoms. The van der Waals surface area contributed by atoms with E-state index in [1.165, 1.54) is 17.2 Å². The molecule has 1 aliphatic heterocycles. The fraction of sp³-hybridized carbons (Fsp3) is 0.500. The van der Waals surface area contributed by atoms with Gasteiger partial charge in [-0.3, -0.25) is 9.09 Å².